The van der Waals surface area contributed by atoms with Gasteiger partial charge in [-0.05, 0) is 12.0 Å². The van der Waals surface area contributed by atoms with Crippen molar-refractivity contribution in [2.45, 2.75) is 12.5 Å². The van der Waals surface area contributed by atoms with Crippen LogP contribution in [0, 0.1) is 0 Å². The van der Waals surface area contributed by atoms with Crippen molar-refractivity contribution in [1.29, 1.82) is 0 Å². The van der Waals surface area contributed by atoms with Crippen LogP contribution >= 0.6 is 7.60 Å². The van der Waals surface area contributed by atoms with Gasteiger partial charge in [-0.25, -0.2) is 5.06 Å². The van der Waals surface area contributed by atoms with Gasteiger partial charge in [-0.3, -0.25) is 10.0 Å². The number of quaternary nitrogens is 1. The predicted molar refractivity (Wildman–Crippen MR) is 70.2 cm³/mol. The lowest BCUT2D eigenvalue weighted by atomic mass is 10.1. The summed E-state index contributed by atoms with van der Waals surface area (Å²) in [4.78, 5) is 30.6. The SMILES string of the molecule is O=C(C(O)c1ccccc1)N(O)CCCP(=O)([O-])O.[NH4+]. The van der Waals surface area contributed by atoms with Crippen molar-refractivity contribution in [2.75, 3.05) is 12.7 Å². The number of carbonyl (C=O) groups excluding carboxylic acids is 1. The number of hydroxylamine groups is 2. The highest BCUT2D eigenvalue weighted by atomic mass is 31.2. The first-order chi connectivity index (χ1) is 8.81. The van der Waals surface area contributed by atoms with E-state index in [1.807, 2.05) is 0 Å². The Labute approximate surface area is 116 Å². The number of aliphatic hydroxyl groups is 1. The van der Waals surface area contributed by atoms with Crippen LogP contribution in [0.4, 0.5) is 0 Å². The fourth-order valence-corrected chi connectivity index (χ4v) is 1.99. The second-order valence-electron chi connectivity index (χ2n) is 3.99. The number of benzene rings is 1. The van der Waals surface area contributed by atoms with Gasteiger partial charge in [0, 0.05) is 12.7 Å². The van der Waals surface area contributed by atoms with E-state index in [1.165, 1.54) is 12.1 Å². The van der Waals surface area contributed by atoms with E-state index in [9.17, 15) is 24.6 Å². The van der Waals surface area contributed by atoms with E-state index >= 15 is 0 Å². The number of amides is 1. The van der Waals surface area contributed by atoms with Gasteiger partial charge in [-0.15, -0.1) is 0 Å². The summed E-state index contributed by atoms with van der Waals surface area (Å²) < 4.78 is 10.5. The van der Waals surface area contributed by atoms with Gasteiger partial charge in [0.1, 0.15) is 7.60 Å². The normalized spacial score (nSPS) is 14.8. The van der Waals surface area contributed by atoms with Crippen molar-refractivity contribution in [2.24, 2.45) is 0 Å². The molecule has 0 aliphatic rings. The molecule has 2 atom stereocenters. The highest BCUT2D eigenvalue weighted by Gasteiger charge is 2.22. The minimum Gasteiger partial charge on any atom is -0.779 e. The van der Waals surface area contributed by atoms with Gasteiger partial charge >= 0.3 is 0 Å². The van der Waals surface area contributed by atoms with Gasteiger partial charge in [0.2, 0.25) is 0 Å². The molecule has 0 heterocycles. The molecule has 0 aliphatic heterocycles. The highest BCUT2D eigenvalue weighted by Crippen LogP contribution is 2.29. The summed E-state index contributed by atoms with van der Waals surface area (Å²) in [5.74, 6) is -0.954. The maximum absolute atomic E-state index is 11.6. The van der Waals surface area contributed by atoms with E-state index in [1.54, 1.807) is 18.2 Å². The molecule has 0 saturated heterocycles. The Kier molecular flexibility index (Phi) is 7.59. The molecule has 1 rings (SSSR count). The lowest BCUT2D eigenvalue weighted by Crippen LogP contribution is -2.33. The van der Waals surface area contributed by atoms with Crippen LogP contribution in [0.2, 0.25) is 0 Å². The molecule has 1 amide bonds. The first-order valence-corrected chi connectivity index (χ1v) is 7.33. The van der Waals surface area contributed by atoms with Gasteiger partial charge in [0.25, 0.3) is 5.91 Å². The number of nitrogens with zero attached hydrogens (tertiary/aromatic N) is 1. The van der Waals surface area contributed by atoms with E-state index in [2.05, 4.69) is 0 Å². The maximum Gasteiger partial charge on any atom is 0.279 e. The molecular weight excluding hydrogens is 287 g/mol. The van der Waals surface area contributed by atoms with Gasteiger partial charge in [-0.1, -0.05) is 30.3 Å². The molecule has 0 bridgehead atoms. The molecule has 0 aliphatic carbocycles. The molecule has 7 N–H and O–H groups in total. The summed E-state index contributed by atoms with van der Waals surface area (Å²) in [6, 6.07) is 8.02. The summed E-state index contributed by atoms with van der Waals surface area (Å²) in [5.41, 5.74) is 0.322. The molecule has 1 aromatic rings. The average Bonchev–Trinajstić information content (AvgIpc) is 2.36. The van der Waals surface area contributed by atoms with E-state index in [4.69, 9.17) is 4.89 Å². The van der Waals surface area contributed by atoms with Gasteiger partial charge < -0.3 is 25.6 Å². The fourth-order valence-electron chi connectivity index (χ4n) is 1.45. The van der Waals surface area contributed by atoms with E-state index < -0.39 is 25.8 Å². The van der Waals surface area contributed by atoms with Crippen LogP contribution in [0.5, 0.6) is 0 Å². The van der Waals surface area contributed by atoms with Crippen LogP contribution in [-0.2, 0) is 9.36 Å². The summed E-state index contributed by atoms with van der Waals surface area (Å²) in [6.07, 6.45) is -2.18. The lowest BCUT2D eigenvalue weighted by molar-refractivity contribution is -0.194. The van der Waals surface area contributed by atoms with E-state index in [0.717, 1.165) is 0 Å². The van der Waals surface area contributed by atoms with Crippen LogP contribution in [0.15, 0.2) is 30.3 Å². The Balaban J connectivity index is 0.00000361. The third kappa shape index (κ3) is 6.25. The topological polar surface area (TPSA) is 158 Å². The van der Waals surface area contributed by atoms with Gasteiger partial charge in [-0.2, -0.15) is 0 Å². The lowest BCUT2D eigenvalue weighted by Gasteiger charge is -2.20. The maximum atomic E-state index is 11.6. The summed E-state index contributed by atoms with van der Waals surface area (Å²) >= 11 is 0. The molecule has 114 valence electrons. The molecule has 1 aromatic carbocycles. The zero-order valence-corrected chi connectivity index (χ0v) is 11.9. The predicted octanol–water partition coefficient (Wildman–Crippen LogP) is 0.250. The van der Waals surface area contributed by atoms with Crippen molar-refractivity contribution >= 4 is 13.5 Å². The molecule has 0 aromatic heterocycles. The summed E-state index contributed by atoms with van der Waals surface area (Å²) in [6.45, 7) is -0.296. The number of hydrogen-bond acceptors (Lipinski definition) is 5. The summed E-state index contributed by atoms with van der Waals surface area (Å²) in [7, 11) is -4.40. The van der Waals surface area contributed by atoms with Crippen molar-refractivity contribution < 1.29 is 29.5 Å². The third-order valence-corrected chi connectivity index (χ3v) is 3.30. The van der Waals surface area contributed by atoms with Crippen LogP contribution in [-0.4, -0.2) is 38.9 Å². The molecular formula is C11H19N2O6P. The molecule has 0 fully saturated rings. The molecule has 9 heteroatoms. The Morgan fingerprint density at radius 3 is 2.40 bits per heavy atom. The molecule has 0 saturated carbocycles. The minimum absolute atomic E-state index is 0. The molecule has 8 nitrogen and oxygen atoms in total. The van der Waals surface area contributed by atoms with Crippen molar-refractivity contribution in [3.63, 3.8) is 0 Å². The largest absolute Gasteiger partial charge is 0.779 e. The molecule has 0 radical (unpaired) electrons. The van der Waals surface area contributed by atoms with E-state index in [0.29, 0.717) is 5.56 Å². The summed E-state index contributed by atoms with van der Waals surface area (Å²) in [5, 5.41) is 19.3. The van der Waals surface area contributed by atoms with Crippen LogP contribution in [0.3, 0.4) is 0 Å². The number of aliphatic hydroxyl groups excluding tert-OH is 1. The molecule has 20 heavy (non-hydrogen) atoms. The van der Waals surface area contributed by atoms with Gasteiger partial charge in [0.15, 0.2) is 6.10 Å². The first-order valence-electron chi connectivity index (χ1n) is 5.57. The quantitative estimate of drug-likeness (QED) is 0.335. The van der Waals surface area contributed by atoms with Crippen LogP contribution < -0.4 is 11.0 Å². The number of hydrogen-bond donors (Lipinski definition) is 4. The Bertz CT molecular complexity index is 463. The zero-order chi connectivity index (χ0) is 14.5. The standard InChI is InChI=1S/C11H16NO6P.H3N/c13-10(9-5-2-1-3-6-9)11(14)12(15)7-4-8-19(16,17)18;/h1-3,5-6,10,13,15H,4,7-8H2,(H2,16,17,18);1H3. The first kappa shape index (κ1) is 18.7. The van der Waals surface area contributed by atoms with Gasteiger partial charge in [0.05, 0.1) is 0 Å². The van der Waals surface area contributed by atoms with Crippen LogP contribution in [0.1, 0.15) is 18.1 Å². The Morgan fingerprint density at radius 2 is 1.90 bits per heavy atom. The number of carbonyl (C=O) groups is 1. The smallest absolute Gasteiger partial charge is 0.279 e. The third-order valence-electron chi connectivity index (χ3n) is 2.41. The molecule has 2 unspecified atom stereocenters. The monoisotopic (exact) mass is 306 g/mol. The Morgan fingerprint density at radius 1 is 1.35 bits per heavy atom. The zero-order valence-electron chi connectivity index (χ0n) is 11.0. The Hall–Kier alpha value is -1.28. The number of rotatable bonds is 6. The second kappa shape index (κ2) is 8.11. The highest BCUT2D eigenvalue weighted by molar-refractivity contribution is 7.50. The minimum atomic E-state index is -4.40. The second-order valence-corrected chi connectivity index (χ2v) is 5.71. The molecule has 0 spiro atoms. The van der Waals surface area contributed by atoms with Crippen molar-refractivity contribution in [3.8, 4) is 0 Å². The average molecular weight is 306 g/mol. The van der Waals surface area contributed by atoms with Crippen molar-refractivity contribution in [1.82, 2.24) is 11.2 Å². The van der Waals surface area contributed by atoms with Crippen LogP contribution in [0.25, 0.3) is 0 Å². The van der Waals surface area contributed by atoms with Crippen molar-refractivity contribution in [3.05, 3.63) is 35.9 Å². The fraction of sp³-hybridized carbons (Fsp3) is 0.364. The van der Waals surface area contributed by atoms with E-state index in [-0.39, 0.29) is 24.2 Å².